The van der Waals surface area contributed by atoms with Crippen LogP contribution in [0.15, 0.2) is 30.4 Å². The maximum atomic E-state index is 14.0. The summed E-state index contributed by atoms with van der Waals surface area (Å²) in [5.41, 5.74) is 1.49. The van der Waals surface area contributed by atoms with Gasteiger partial charge in [0.2, 0.25) is 0 Å². The van der Waals surface area contributed by atoms with Crippen molar-refractivity contribution in [1.82, 2.24) is 25.1 Å². The second-order valence-corrected chi connectivity index (χ2v) is 13.6. The minimum atomic E-state index is -0.186. The average molecular weight is 578 g/mol. The molecular formula is C34H51N5O3. The second-order valence-electron chi connectivity index (χ2n) is 13.6. The largest absolute Gasteiger partial charge is 0.370 e. The summed E-state index contributed by atoms with van der Waals surface area (Å²) in [6.07, 6.45) is 19.5. The van der Waals surface area contributed by atoms with Gasteiger partial charge in [0.1, 0.15) is 0 Å². The average Bonchev–Trinajstić information content (AvgIpc) is 3.51. The van der Waals surface area contributed by atoms with Crippen LogP contribution in [-0.4, -0.2) is 81.4 Å². The third-order valence-electron chi connectivity index (χ3n) is 11.3. The topological polar surface area (TPSA) is 87.7 Å². The highest BCUT2D eigenvalue weighted by atomic mass is 16.5. The van der Waals surface area contributed by atoms with Crippen molar-refractivity contribution < 1.29 is 14.3 Å². The molecule has 1 saturated heterocycles. The minimum Gasteiger partial charge on any atom is -0.370 e. The number of nitrogens with zero attached hydrogens (tertiary/aromatic N) is 4. The molecular weight excluding hydrogens is 526 g/mol. The van der Waals surface area contributed by atoms with Crippen LogP contribution in [-0.2, 0) is 14.3 Å². The van der Waals surface area contributed by atoms with Crippen molar-refractivity contribution in [3.8, 4) is 0 Å². The zero-order chi connectivity index (χ0) is 29.2. The Morgan fingerprint density at radius 1 is 1.12 bits per heavy atom. The van der Waals surface area contributed by atoms with Crippen LogP contribution in [0, 0.1) is 17.8 Å². The molecule has 3 saturated carbocycles. The van der Waals surface area contributed by atoms with Crippen molar-refractivity contribution in [2.24, 2.45) is 17.8 Å². The molecule has 2 aliphatic heterocycles. The number of ether oxygens (including phenoxy) is 1. The number of Topliss-reactive ketones (excluding diaryl/α,β-unsaturated/α-hetero) is 1. The summed E-state index contributed by atoms with van der Waals surface area (Å²) in [6, 6.07) is 0.355. The van der Waals surface area contributed by atoms with Crippen LogP contribution in [0.3, 0.4) is 0 Å². The molecule has 3 heterocycles. The summed E-state index contributed by atoms with van der Waals surface area (Å²) >= 11 is 0. The molecule has 1 aromatic rings. The molecule has 0 aromatic carbocycles. The smallest absolute Gasteiger partial charge is 0.256 e. The van der Waals surface area contributed by atoms with Crippen LogP contribution in [0.1, 0.15) is 103 Å². The molecule has 3 aliphatic carbocycles. The van der Waals surface area contributed by atoms with Crippen molar-refractivity contribution in [2.75, 3.05) is 19.6 Å². The van der Waals surface area contributed by atoms with Gasteiger partial charge in [0.25, 0.3) is 5.91 Å². The molecule has 0 radical (unpaired) electrons. The van der Waals surface area contributed by atoms with Crippen LogP contribution in [0.5, 0.6) is 0 Å². The molecule has 8 nitrogen and oxygen atoms in total. The van der Waals surface area contributed by atoms with Crippen LogP contribution < -0.4 is 5.32 Å². The molecule has 42 heavy (non-hydrogen) atoms. The van der Waals surface area contributed by atoms with Crippen molar-refractivity contribution >= 4 is 11.7 Å². The van der Waals surface area contributed by atoms with E-state index < -0.39 is 0 Å². The van der Waals surface area contributed by atoms with E-state index >= 15 is 0 Å². The number of nitrogens with one attached hydrogen (secondary N) is 1. The second kappa shape index (κ2) is 13.1. The summed E-state index contributed by atoms with van der Waals surface area (Å²) in [5.74, 6) is 1.17. The van der Waals surface area contributed by atoms with Gasteiger partial charge >= 0.3 is 0 Å². The van der Waals surface area contributed by atoms with E-state index in [1.807, 2.05) is 12.4 Å². The van der Waals surface area contributed by atoms with Crippen molar-refractivity contribution in [1.29, 1.82) is 0 Å². The van der Waals surface area contributed by atoms with Crippen molar-refractivity contribution in [2.45, 2.75) is 128 Å². The Hall–Kier alpha value is -2.32. The number of morpholine rings is 1. The molecule has 9 unspecified atom stereocenters. The van der Waals surface area contributed by atoms with E-state index in [0.717, 1.165) is 76.7 Å². The molecule has 4 fully saturated rings. The molecule has 5 aliphatic rings. The number of ketones is 1. The number of fused-ring (bicyclic) bond motifs is 2. The quantitative estimate of drug-likeness (QED) is 0.398. The van der Waals surface area contributed by atoms with Crippen molar-refractivity contribution in [3.63, 3.8) is 0 Å². The predicted octanol–water partition coefficient (Wildman–Crippen LogP) is 4.86. The van der Waals surface area contributed by atoms with Crippen molar-refractivity contribution in [3.05, 3.63) is 36.1 Å². The molecule has 230 valence electrons. The zero-order valence-corrected chi connectivity index (χ0v) is 25.9. The van der Waals surface area contributed by atoms with Gasteiger partial charge in [-0.2, -0.15) is 0 Å². The summed E-state index contributed by atoms with van der Waals surface area (Å²) in [7, 11) is 0. The number of rotatable bonds is 10. The summed E-state index contributed by atoms with van der Waals surface area (Å²) < 4.78 is 7.03. The SMILES string of the molecule is CCN(CC)CCCC(C)NC(=O)C1=CN2C3CCCCC3OC3C(C4CCC(c5cnccn5)C4)CCC(C1=O)C32. The van der Waals surface area contributed by atoms with Crippen LogP contribution in [0.2, 0.25) is 0 Å². The lowest BCUT2D eigenvalue weighted by Crippen LogP contribution is -2.68. The standard InChI is InChI=1S/C34H51N5O3/c1-4-38(5-2)18-8-9-22(3)37-34(41)27-21-39-29-10-6-7-11-30(29)42-33-25(14-15-26(31(33)39)32(27)40)23-12-13-24(19-23)28-20-35-16-17-36-28/h16-17,20-26,29-31,33H,4-15,18-19H2,1-3H3,(H,37,41). The first-order valence-electron chi connectivity index (χ1n) is 17.0. The van der Waals surface area contributed by atoms with Gasteiger partial charge in [0.05, 0.1) is 35.6 Å². The third-order valence-corrected chi connectivity index (χ3v) is 11.3. The van der Waals surface area contributed by atoms with E-state index in [1.165, 1.54) is 19.3 Å². The fraction of sp³-hybridized carbons (Fsp3) is 0.765. The van der Waals surface area contributed by atoms with E-state index in [9.17, 15) is 9.59 Å². The lowest BCUT2D eigenvalue weighted by molar-refractivity contribution is -0.202. The maximum Gasteiger partial charge on any atom is 0.256 e. The normalized spacial score (nSPS) is 34.9. The number of amides is 1. The Kier molecular flexibility index (Phi) is 9.29. The number of carbonyl (C=O) groups is 2. The van der Waals surface area contributed by atoms with Gasteiger partial charge in [-0.25, -0.2) is 0 Å². The Labute approximate surface area is 252 Å². The maximum absolute atomic E-state index is 14.0. The number of aromatic nitrogens is 2. The van der Waals surface area contributed by atoms with E-state index in [1.54, 1.807) is 12.4 Å². The van der Waals surface area contributed by atoms with Crippen LogP contribution in [0.25, 0.3) is 0 Å². The number of hydrogen-bond donors (Lipinski definition) is 1. The molecule has 1 amide bonds. The van der Waals surface area contributed by atoms with E-state index in [4.69, 9.17) is 4.74 Å². The van der Waals surface area contributed by atoms with Gasteiger partial charge in [-0.15, -0.1) is 0 Å². The lowest BCUT2D eigenvalue weighted by Gasteiger charge is -2.59. The molecule has 0 spiro atoms. The van der Waals surface area contributed by atoms with Gasteiger partial charge in [-0.3, -0.25) is 19.6 Å². The van der Waals surface area contributed by atoms with Gasteiger partial charge in [0.15, 0.2) is 5.78 Å². The van der Waals surface area contributed by atoms with Gasteiger partial charge in [0, 0.05) is 42.7 Å². The van der Waals surface area contributed by atoms with E-state index in [0.29, 0.717) is 23.3 Å². The fourth-order valence-electron chi connectivity index (χ4n) is 9.03. The van der Waals surface area contributed by atoms with Gasteiger partial charge in [-0.05, 0) is 96.2 Å². The first kappa shape index (κ1) is 29.7. The predicted molar refractivity (Wildman–Crippen MR) is 163 cm³/mol. The Morgan fingerprint density at radius 2 is 1.95 bits per heavy atom. The highest BCUT2D eigenvalue weighted by Gasteiger charge is 2.57. The molecule has 9 atom stereocenters. The first-order chi connectivity index (χ1) is 20.5. The first-order valence-corrected chi connectivity index (χ1v) is 17.0. The van der Waals surface area contributed by atoms with Crippen LogP contribution in [0.4, 0.5) is 0 Å². The summed E-state index contributed by atoms with van der Waals surface area (Å²) in [5, 5.41) is 3.19. The zero-order valence-electron chi connectivity index (χ0n) is 25.9. The van der Waals surface area contributed by atoms with E-state index in [-0.39, 0.29) is 47.9 Å². The monoisotopic (exact) mass is 577 g/mol. The van der Waals surface area contributed by atoms with Gasteiger partial charge < -0.3 is 19.9 Å². The summed E-state index contributed by atoms with van der Waals surface area (Å²) in [4.78, 5) is 41.4. The highest BCUT2D eigenvalue weighted by Crippen LogP contribution is 2.52. The van der Waals surface area contributed by atoms with E-state index in [2.05, 4.69) is 45.9 Å². The molecule has 1 aromatic heterocycles. The number of hydrogen-bond acceptors (Lipinski definition) is 7. The Bertz CT molecular complexity index is 1120. The Morgan fingerprint density at radius 3 is 2.74 bits per heavy atom. The molecule has 6 rings (SSSR count). The summed E-state index contributed by atoms with van der Waals surface area (Å²) in [6.45, 7) is 9.59. The van der Waals surface area contributed by atoms with Crippen LogP contribution >= 0.6 is 0 Å². The minimum absolute atomic E-state index is 0.0364. The third kappa shape index (κ3) is 5.90. The molecule has 0 bridgehead atoms. The number of carbonyl (C=O) groups excluding carboxylic acids is 2. The lowest BCUT2D eigenvalue weighted by atomic mass is 9.65. The highest BCUT2D eigenvalue weighted by molar-refractivity contribution is 6.20. The molecule has 1 N–H and O–H groups in total. The van der Waals surface area contributed by atoms with Gasteiger partial charge in [-0.1, -0.05) is 26.7 Å². The fourth-order valence-corrected chi connectivity index (χ4v) is 9.03. The Balaban J connectivity index is 1.18. The molecule has 8 heteroatoms.